The smallest absolute Gasteiger partial charge is 0.0656 e. The van der Waals surface area contributed by atoms with E-state index in [1.165, 1.54) is 0 Å². The molecule has 0 amide bonds. The molecular formula is C7H13F2NS. The Hall–Kier alpha value is -0.300. The summed E-state index contributed by atoms with van der Waals surface area (Å²) >= 11 is 0. The van der Waals surface area contributed by atoms with E-state index >= 15 is 0 Å². The number of hydrogen-bond acceptors (Lipinski definition) is 1. The molecule has 0 N–H and O–H groups in total. The van der Waals surface area contributed by atoms with Gasteiger partial charge in [0.05, 0.1) is 16.9 Å². The molecule has 0 aromatic carbocycles. The highest BCUT2D eigenvalue weighted by Gasteiger charge is 2.16. The largest absolute Gasteiger partial charge is 0.198 e. The fourth-order valence-corrected chi connectivity index (χ4v) is 1.41. The summed E-state index contributed by atoms with van der Waals surface area (Å²) in [7, 11) is -3.39. The van der Waals surface area contributed by atoms with Crippen LogP contribution in [-0.2, 0) is 0 Å². The third-order valence-electron chi connectivity index (χ3n) is 1.50. The normalized spacial score (nSPS) is 15.5. The first-order chi connectivity index (χ1) is 4.99. The predicted molar refractivity (Wildman–Crippen MR) is 44.6 cm³/mol. The topological polar surface area (TPSA) is 23.8 Å². The standard InChI is InChI=1S/C7H13F2NS/c1-3-7(6-10)4-5-11(2,8)9/h7H,3-5H2,1-2H3. The highest BCUT2D eigenvalue weighted by molar-refractivity contribution is 8.24. The van der Waals surface area contributed by atoms with Crippen LogP contribution >= 0.6 is 10.8 Å². The van der Waals surface area contributed by atoms with Crippen LogP contribution in [0.25, 0.3) is 0 Å². The summed E-state index contributed by atoms with van der Waals surface area (Å²) in [5.41, 5.74) is 0. The lowest BCUT2D eigenvalue weighted by atomic mass is 10.1. The fraction of sp³-hybridized carbons (Fsp3) is 0.857. The Kier molecular flexibility index (Phi) is 4.43. The highest BCUT2D eigenvalue weighted by Crippen LogP contribution is 2.48. The van der Waals surface area contributed by atoms with E-state index in [-0.39, 0.29) is 11.7 Å². The Morgan fingerprint density at radius 3 is 2.36 bits per heavy atom. The predicted octanol–water partition coefficient (Wildman–Crippen LogP) is 3.13. The minimum Gasteiger partial charge on any atom is -0.198 e. The molecule has 4 heteroatoms. The molecule has 1 atom stereocenters. The van der Waals surface area contributed by atoms with Crippen molar-refractivity contribution in [3.8, 4) is 6.07 Å². The Balaban J connectivity index is 3.62. The Morgan fingerprint density at radius 2 is 2.09 bits per heavy atom. The molecule has 0 bridgehead atoms. The van der Waals surface area contributed by atoms with Gasteiger partial charge in [-0.3, -0.25) is 0 Å². The van der Waals surface area contributed by atoms with Crippen LogP contribution in [0.1, 0.15) is 19.8 Å². The molecule has 0 aliphatic rings. The van der Waals surface area contributed by atoms with Crippen LogP contribution in [0.5, 0.6) is 0 Å². The SMILES string of the molecule is CCC(C#N)CCS(C)(F)F. The van der Waals surface area contributed by atoms with Crippen molar-refractivity contribution in [3.05, 3.63) is 0 Å². The van der Waals surface area contributed by atoms with Crippen molar-refractivity contribution in [1.82, 2.24) is 0 Å². The highest BCUT2D eigenvalue weighted by atomic mass is 32.3. The molecule has 0 fully saturated rings. The molecule has 0 radical (unpaired) electrons. The van der Waals surface area contributed by atoms with Crippen molar-refractivity contribution < 1.29 is 7.77 Å². The molecule has 0 saturated carbocycles. The molecular weight excluding hydrogens is 168 g/mol. The van der Waals surface area contributed by atoms with Crippen molar-refractivity contribution in [2.75, 3.05) is 12.0 Å². The molecule has 0 aliphatic carbocycles. The zero-order valence-electron chi connectivity index (χ0n) is 6.81. The van der Waals surface area contributed by atoms with E-state index in [0.29, 0.717) is 12.8 Å². The van der Waals surface area contributed by atoms with Gasteiger partial charge < -0.3 is 0 Å². The third-order valence-corrected chi connectivity index (χ3v) is 2.45. The van der Waals surface area contributed by atoms with Gasteiger partial charge in [-0.05, 0) is 12.8 Å². The maximum Gasteiger partial charge on any atom is 0.0656 e. The summed E-state index contributed by atoms with van der Waals surface area (Å²) < 4.78 is 24.7. The number of nitriles is 1. The van der Waals surface area contributed by atoms with E-state index in [0.717, 1.165) is 6.26 Å². The van der Waals surface area contributed by atoms with Crippen LogP contribution < -0.4 is 0 Å². The van der Waals surface area contributed by atoms with Crippen LogP contribution in [0.3, 0.4) is 0 Å². The Bertz CT molecular complexity index is 148. The molecule has 0 saturated heterocycles. The van der Waals surface area contributed by atoms with Gasteiger partial charge in [-0.2, -0.15) is 13.0 Å². The lowest BCUT2D eigenvalue weighted by Gasteiger charge is -2.15. The van der Waals surface area contributed by atoms with Gasteiger partial charge in [-0.1, -0.05) is 6.92 Å². The summed E-state index contributed by atoms with van der Waals surface area (Å²) in [4.78, 5) is 0. The second kappa shape index (κ2) is 4.55. The van der Waals surface area contributed by atoms with Crippen LogP contribution in [0.15, 0.2) is 0 Å². The van der Waals surface area contributed by atoms with Gasteiger partial charge in [0.2, 0.25) is 0 Å². The first-order valence-corrected chi connectivity index (χ1v) is 5.55. The zero-order valence-corrected chi connectivity index (χ0v) is 7.63. The number of hydrogen-bond donors (Lipinski definition) is 0. The molecule has 66 valence electrons. The average molecular weight is 181 g/mol. The quantitative estimate of drug-likeness (QED) is 0.653. The van der Waals surface area contributed by atoms with Gasteiger partial charge in [0.15, 0.2) is 0 Å². The van der Waals surface area contributed by atoms with Gasteiger partial charge in [0, 0.05) is 17.9 Å². The van der Waals surface area contributed by atoms with Gasteiger partial charge in [-0.15, -0.1) is 0 Å². The molecule has 1 unspecified atom stereocenters. The van der Waals surface area contributed by atoms with E-state index in [9.17, 15) is 7.77 Å². The van der Waals surface area contributed by atoms with E-state index in [2.05, 4.69) is 0 Å². The Labute approximate surface area is 68.3 Å². The van der Waals surface area contributed by atoms with Crippen LogP contribution in [0.4, 0.5) is 7.77 Å². The summed E-state index contributed by atoms with van der Waals surface area (Å²) in [6, 6.07) is 2.00. The maximum absolute atomic E-state index is 12.3. The molecule has 0 aromatic heterocycles. The van der Waals surface area contributed by atoms with Crippen molar-refractivity contribution in [2.45, 2.75) is 19.8 Å². The van der Waals surface area contributed by atoms with Crippen LogP contribution in [0.2, 0.25) is 0 Å². The maximum atomic E-state index is 12.3. The second-order valence-electron chi connectivity index (χ2n) is 2.60. The molecule has 0 aliphatic heterocycles. The van der Waals surface area contributed by atoms with Crippen molar-refractivity contribution >= 4 is 10.8 Å². The second-order valence-corrected chi connectivity index (χ2v) is 4.76. The minimum atomic E-state index is -3.39. The summed E-state index contributed by atoms with van der Waals surface area (Å²) in [5.74, 6) is -0.285. The van der Waals surface area contributed by atoms with Crippen molar-refractivity contribution in [2.24, 2.45) is 5.92 Å². The molecule has 11 heavy (non-hydrogen) atoms. The summed E-state index contributed by atoms with van der Waals surface area (Å²) in [6.45, 7) is 1.84. The minimum absolute atomic E-state index is 0.0981. The average Bonchev–Trinajstić information content (AvgIpc) is 1.88. The summed E-state index contributed by atoms with van der Waals surface area (Å²) in [6.07, 6.45) is 1.98. The molecule has 1 nitrogen and oxygen atoms in total. The number of rotatable bonds is 4. The number of halogens is 2. The van der Waals surface area contributed by atoms with Gasteiger partial charge in [0.25, 0.3) is 0 Å². The first-order valence-electron chi connectivity index (χ1n) is 3.54. The molecule has 0 aromatic rings. The van der Waals surface area contributed by atoms with Crippen LogP contribution in [-0.4, -0.2) is 12.0 Å². The monoisotopic (exact) mass is 181 g/mol. The lowest BCUT2D eigenvalue weighted by molar-refractivity contribution is 0.610. The first kappa shape index (κ1) is 10.7. The van der Waals surface area contributed by atoms with Crippen LogP contribution in [0, 0.1) is 17.2 Å². The lowest BCUT2D eigenvalue weighted by Crippen LogP contribution is -2.00. The fourth-order valence-electron chi connectivity index (χ4n) is 0.709. The van der Waals surface area contributed by atoms with Gasteiger partial charge in [-0.25, -0.2) is 0 Å². The molecule has 0 rings (SSSR count). The van der Waals surface area contributed by atoms with E-state index in [1.54, 1.807) is 0 Å². The van der Waals surface area contributed by atoms with Gasteiger partial charge in [0.1, 0.15) is 0 Å². The van der Waals surface area contributed by atoms with Crippen molar-refractivity contribution in [1.29, 1.82) is 5.26 Å². The molecule has 0 heterocycles. The molecule has 0 spiro atoms. The zero-order chi connectivity index (χ0) is 8.91. The Morgan fingerprint density at radius 1 is 1.55 bits per heavy atom. The van der Waals surface area contributed by atoms with Gasteiger partial charge >= 0.3 is 0 Å². The van der Waals surface area contributed by atoms with E-state index < -0.39 is 10.8 Å². The number of nitrogens with zero attached hydrogens (tertiary/aromatic N) is 1. The third kappa shape index (κ3) is 6.11. The van der Waals surface area contributed by atoms with E-state index in [1.807, 2.05) is 13.0 Å². The van der Waals surface area contributed by atoms with E-state index in [4.69, 9.17) is 5.26 Å². The summed E-state index contributed by atoms with van der Waals surface area (Å²) in [5, 5.41) is 8.44. The van der Waals surface area contributed by atoms with Crippen molar-refractivity contribution in [3.63, 3.8) is 0 Å².